The molecule has 1 amide bonds. The average molecular weight is 285 g/mol. The third-order valence-corrected chi connectivity index (χ3v) is 2.92. The topological polar surface area (TPSA) is 66.4 Å². The number of carbonyl (C=O) groups excluding carboxylic acids is 1. The van der Waals surface area contributed by atoms with Crippen LogP contribution >= 0.6 is 0 Å². The van der Waals surface area contributed by atoms with E-state index < -0.39 is 29.1 Å². The van der Waals surface area contributed by atoms with E-state index in [4.69, 9.17) is 5.11 Å². The van der Waals surface area contributed by atoms with Gasteiger partial charge in [0.25, 0.3) is 5.91 Å². The molecular formula is C14H17F2NO3. The Bertz CT molecular complexity index is 517. The Morgan fingerprint density at radius 2 is 2.00 bits per heavy atom. The van der Waals surface area contributed by atoms with Crippen LogP contribution in [0.3, 0.4) is 0 Å². The lowest BCUT2D eigenvalue weighted by atomic mass is 10.1. The zero-order chi connectivity index (χ0) is 15.3. The number of aryl methyl sites for hydroxylation is 1. The number of carbonyl (C=O) groups is 2. The van der Waals surface area contributed by atoms with E-state index >= 15 is 0 Å². The first-order chi connectivity index (χ1) is 9.32. The van der Waals surface area contributed by atoms with Gasteiger partial charge in [-0.05, 0) is 38.3 Å². The summed E-state index contributed by atoms with van der Waals surface area (Å²) in [6.07, 6.45) is 0.802. The molecule has 6 heteroatoms. The molecule has 1 aromatic rings. The summed E-state index contributed by atoms with van der Waals surface area (Å²) in [5, 5.41) is 11.0. The van der Waals surface area contributed by atoms with Gasteiger partial charge in [-0.3, -0.25) is 9.59 Å². The molecule has 2 N–H and O–H groups in total. The summed E-state index contributed by atoms with van der Waals surface area (Å²) in [5.41, 5.74) is -0.412. The van der Waals surface area contributed by atoms with E-state index in [0.717, 1.165) is 6.07 Å². The van der Waals surface area contributed by atoms with Gasteiger partial charge in [0.15, 0.2) is 0 Å². The van der Waals surface area contributed by atoms with Gasteiger partial charge in [-0.25, -0.2) is 8.78 Å². The van der Waals surface area contributed by atoms with Crippen LogP contribution in [0.25, 0.3) is 0 Å². The van der Waals surface area contributed by atoms with E-state index in [2.05, 4.69) is 5.32 Å². The minimum Gasteiger partial charge on any atom is -0.481 e. The molecule has 0 aliphatic heterocycles. The average Bonchev–Trinajstić information content (AvgIpc) is 2.33. The van der Waals surface area contributed by atoms with E-state index in [1.165, 1.54) is 13.0 Å². The van der Waals surface area contributed by atoms with Crippen LogP contribution < -0.4 is 5.32 Å². The van der Waals surface area contributed by atoms with Crippen LogP contribution in [-0.2, 0) is 4.79 Å². The summed E-state index contributed by atoms with van der Waals surface area (Å²) < 4.78 is 27.3. The smallest absolute Gasteiger partial charge is 0.303 e. The summed E-state index contributed by atoms with van der Waals surface area (Å²) in [6, 6.07) is 1.95. The molecule has 1 unspecified atom stereocenters. The molecule has 0 saturated heterocycles. The second-order valence-electron chi connectivity index (χ2n) is 4.71. The number of hydrogen-bond acceptors (Lipinski definition) is 2. The highest BCUT2D eigenvalue weighted by molar-refractivity contribution is 5.95. The maximum Gasteiger partial charge on any atom is 0.303 e. The number of carboxylic acids is 1. The van der Waals surface area contributed by atoms with Crippen molar-refractivity contribution in [1.82, 2.24) is 5.32 Å². The lowest BCUT2D eigenvalue weighted by Crippen LogP contribution is -2.34. The van der Waals surface area contributed by atoms with Crippen LogP contribution in [0.15, 0.2) is 12.1 Å². The number of rotatable bonds is 6. The molecular weight excluding hydrogens is 268 g/mol. The first kappa shape index (κ1) is 16.1. The van der Waals surface area contributed by atoms with E-state index in [0.29, 0.717) is 12.8 Å². The zero-order valence-electron chi connectivity index (χ0n) is 11.4. The molecule has 0 fully saturated rings. The van der Waals surface area contributed by atoms with Gasteiger partial charge in [0.05, 0.1) is 0 Å². The number of amides is 1. The van der Waals surface area contributed by atoms with Crippen molar-refractivity contribution >= 4 is 11.9 Å². The Hall–Kier alpha value is -1.98. The lowest BCUT2D eigenvalue weighted by molar-refractivity contribution is -0.137. The molecule has 4 nitrogen and oxygen atoms in total. The fraction of sp³-hybridized carbons (Fsp3) is 0.429. The molecule has 0 radical (unpaired) electrons. The molecule has 1 atom stereocenters. The molecule has 110 valence electrons. The monoisotopic (exact) mass is 285 g/mol. The third-order valence-electron chi connectivity index (χ3n) is 2.92. The highest BCUT2D eigenvalue weighted by atomic mass is 19.1. The van der Waals surface area contributed by atoms with Crippen LogP contribution in [0.5, 0.6) is 0 Å². The SMILES string of the molecule is Cc1ccc(F)c(C(=O)NC(C)CCCC(=O)O)c1F. The minimum atomic E-state index is -0.917. The van der Waals surface area contributed by atoms with Crippen LogP contribution in [0.4, 0.5) is 8.78 Å². The number of aliphatic carboxylic acids is 1. The second kappa shape index (κ2) is 6.98. The molecule has 0 heterocycles. The molecule has 0 bridgehead atoms. The Balaban J connectivity index is 2.67. The van der Waals surface area contributed by atoms with Crippen LogP contribution in [0, 0.1) is 18.6 Å². The standard InChI is InChI=1S/C14H17F2NO3/c1-8-6-7-10(15)12(13(8)16)14(20)17-9(2)4-3-5-11(18)19/h6-7,9H,3-5H2,1-2H3,(H,17,20)(H,18,19). The van der Waals surface area contributed by atoms with Gasteiger partial charge in [0.1, 0.15) is 17.2 Å². The predicted octanol–water partition coefficient (Wildman–Crippen LogP) is 2.65. The summed E-state index contributed by atoms with van der Waals surface area (Å²) in [6.45, 7) is 3.10. The van der Waals surface area contributed by atoms with Gasteiger partial charge in [-0.2, -0.15) is 0 Å². The maximum atomic E-state index is 13.7. The molecule has 0 saturated carbocycles. The molecule has 20 heavy (non-hydrogen) atoms. The largest absolute Gasteiger partial charge is 0.481 e. The van der Waals surface area contributed by atoms with Crippen LogP contribution in [-0.4, -0.2) is 23.0 Å². The third kappa shape index (κ3) is 4.29. The Morgan fingerprint density at radius 3 is 2.60 bits per heavy atom. The van der Waals surface area contributed by atoms with Crippen molar-refractivity contribution < 1.29 is 23.5 Å². The van der Waals surface area contributed by atoms with Gasteiger partial charge in [0, 0.05) is 12.5 Å². The predicted molar refractivity (Wildman–Crippen MR) is 69.5 cm³/mol. The van der Waals surface area contributed by atoms with Crippen molar-refractivity contribution in [2.75, 3.05) is 0 Å². The van der Waals surface area contributed by atoms with E-state index in [-0.39, 0.29) is 18.0 Å². The van der Waals surface area contributed by atoms with Crippen LogP contribution in [0.2, 0.25) is 0 Å². The van der Waals surface area contributed by atoms with E-state index in [1.807, 2.05) is 0 Å². The van der Waals surface area contributed by atoms with Crippen molar-refractivity contribution in [1.29, 1.82) is 0 Å². The molecule has 1 rings (SSSR count). The summed E-state index contributed by atoms with van der Waals surface area (Å²) >= 11 is 0. The molecule has 0 aliphatic rings. The van der Waals surface area contributed by atoms with Gasteiger partial charge >= 0.3 is 5.97 Å². The zero-order valence-corrected chi connectivity index (χ0v) is 11.4. The Labute approximate surface area is 115 Å². The highest BCUT2D eigenvalue weighted by Gasteiger charge is 2.20. The Morgan fingerprint density at radius 1 is 1.35 bits per heavy atom. The quantitative estimate of drug-likeness (QED) is 0.844. The van der Waals surface area contributed by atoms with Crippen LogP contribution in [0.1, 0.15) is 42.1 Å². The lowest BCUT2D eigenvalue weighted by Gasteiger charge is -2.14. The van der Waals surface area contributed by atoms with Crippen molar-refractivity contribution in [3.8, 4) is 0 Å². The van der Waals surface area contributed by atoms with Crippen molar-refractivity contribution in [3.05, 3.63) is 34.9 Å². The molecule has 0 aromatic heterocycles. The summed E-state index contributed by atoms with van der Waals surface area (Å²) in [7, 11) is 0. The second-order valence-corrected chi connectivity index (χ2v) is 4.71. The molecule has 1 aromatic carbocycles. The van der Waals surface area contributed by atoms with Gasteiger partial charge in [0.2, 0.25) is 0 Å². The van der Waals surface area contributed by atoms with Gasteiger partial charge in [-0.15, -0.1) is 0 Å². The number of benzene rings is 1. The van der Waals surface area contributed by atoms with Crippen molar-refractivity contribution in [3.63, 3.8) is 0 Å². The number of hydrogen-bond donors (Lipinski definition) is 2. The summed E-state index contributed by atoms with van der Waals surface area (Å²) in [4.78, 5) is 22.2. The minimum absolute atomic E-state index is 0.00657. The first-order valence-corrected chi connectivity index (χ1v) is 6.30. The number of nitrogens with one attached hydrogen (secondary N) is 1. The summed E-state index contributed by atoms with van der Waals surface area (Å²) in [5.74, 6) is -3.53. The highest BCUT2D eigenvalue weighted by Crippen LogP contribution is 2.16. The molecule has 0 aliphatic carbocycles. The number of halogens is 2. The Kier molecular flexibility index (Phi) is 5.61. The number of carboxylic acid groups (broad SMARTS) is 1. The van der Waals surface area contributed by atoms with Crippen molar-refractivity contribution in [2.45, 2.75) is 39.2 Å². The van der Waals surface area contributed by atoms with Gasteiger partial charge in [-0.1, -0.05) is 6.07 Å². The fourth-order valence-corrected chi connectivity index (χ4v) is 1.79. The normalized spacial score (nSPS) is 12.0. The van der Waals surface area contributed by atoms with E-state index in [1.54, 1.807) is 6.92 Å². The van der Waals surface area contributed by atoms with E-state index in [9.17, 15) is 18.4 Å². The van der Waals surface area contributed by atoms with Crippen molar-refractivity contribution in [2.24, 2.45) is 0 Å². The van der Waals surface area contributed by atoms with Gasteiger partial charge < -0.3 is 10.4 Å². The first-order valence-electron chi connectivity index (χ1n) is 6.30. The molecule has 0 spiro atoms. The fourth-order valence-electron chi connectivity index (χ4n) is 1.79. The maximum absolute atomic E-state index is 13.7.